The molecule has 0 aromatic heterocycles. The van der Waals surface area contributed by atoms with Crippen LogP contribution in [-0.4, -0.2) is 60.9 Å². The molecule has 0 radical (unpaired) electrons. The van der Waals surface area contributed by atoms with E-state index >= 15 is 0 Å². The molecule has 2 aliphatic rings. The summed E-state index contributed by atoms with van der Waals surface area (Å²) in [7, 11) is 0. The van der Waals surface area contributed by atoms with Gasteiger partial charge in [0.2, 0.25) is 0 Å². The zero-order valence-electron chi connectivity index (χ0n) is 15.3. The predicted molar refractivity (Wildman–Crippen MR) is 99.5 cm³/mol. The van der Waals surface area contributed by atoms with Crippen LogP contribution in [0.25, 0.3) is 0 Å². The van der Waals surface area contributed by atoms with Crippen LogP contribution in [-0.2, 0) is 20.7 Å². The molecule has 0 bridgehead atoms. The lowest BCUT2D eigenvalue weighted by Crippen LogP contribution is -2.50. The lowest BCUT2D eigenvalue weighted by molar-refractivity contribution is -0.159. The number of benzene rings is 1. The van der Waals surface area contributed by atoms with Crippen LogP contribution in [0.4, 0.5) is 0 Å². The molecule has 1 fully saturated rings. The number of aromatic hydroxyl groups is 2. The number of ketones is 1. The fraction of sp³-hybridized carbons (Fsp3) is 0.526. The van der Waals surface area contributed by atoms with Crippen LogP contribution in [0.3, 0.4) is 0 Å². The minimum Gasteiger partial charge on any atom is -0.508 e. The van der Waals surface area contributed by atoms with Crippen LogP contribution in [0.2, 0.25) is 0 Å². The van der Waals surface area contributed by atoms with E-state index in [2.05, 4.69) is 0 Å². The number of cyclic esters (lactones) is 1. The standard InChI is InChI=1S/C19H22O8S/c1-9-3-2-4-13-16(19(26,8-28-13)18(24)25)17(23)15-10(6-14(22)27-9)5-11(20)7-12(15)21/h5,7,9,13,16,20-21,26H,2-4,6,8H2,1H3,(H,24,25). The van der Waals surface area contributed by atoms with Crippen LogP contribution in [0, 0.1) is 5.92 Å². The lowest BCUT2D eigenvalue weighted by atomic mass is 9.78. The maximum Gasteiger partial charge on any atom is 0.337 e. The van der Waals surface area contributed by atoms with Crippen molar-refractivity contribution in [1.82, 2.24) is 0 Å². The zero-order valence-corrected chi connectivity index (χ0v) is 16.1. The molecule has 1 aromatic carbocycles. The Morgan fingerprint density at radius 1 is 1.25 bits per heavy atom. The third kappa shape index (κ3) is 3.68. The molecule has 4 atom stereocenters. The van der Waals surface area contributed by atoms with Crippen LogP contribution in [0.5, 0.6) is 11.5 Å². The van der Waals surface area contributed by atoms with Crippen LogP contribution in [0.1, 0.15) is 42.1 Å². The molecule has 0 spiro atoms. The third-order valence-corrected chi connectivity index (χ3v) is 6.80. The summed E-state index contributed by atoms with van der Waals surface area (Å²) in [4.78, 5) is 37.3. The van der Waals surface area contributed by atoms with Crippen LogP contribution in [0.15, 0.2) is 12.1 Å². The van der Waals surface area contributed by atoms with Crippen molar-refractivity contribution in [2.75, 3.05) is 5.75 Å². The van der Waals surface area contributed by atoms with Gasteiger partial charge < -0.3 is 25.2 Å². The first kappa shape index (κ1) is 20.5. The molecular formula is C19H22O8S. The second-order valence-corrected chi connectivity index (χ2v) is 8.56. The molecule has 0 amide bonds. The van der Waals surface area contributed by atoms with Gasteiger partial charge in [0.1, 0.15) is 11.5 Å². The van der Waals surface area contributed by atoms with Crippen molar-refractivity contribution in [2.45, 2.75) is 49.6 Å². The number of fused-ring (bicyclic) bond motifs is 2. The molecule has 1 aromatic rings. The van der Waals surface area contributed by atoms with E-state index in [1.807, 2.05) is 0 Å². The SMILES string of the molecule is CC1CCCC2SCC(O)(C(=O)O)C2C(=O)c2c(O)cc(O)cc2CC(=O)O1. The maximum absolute atomic E-state index is 13.3. The molecule has 1 saturated heterocycles. The summed E-state index contributed by atoms with van der Waals surface area (Å²) in [5.41, 5.74) is -2.51. The number of hydrogen-bond acceptors (Lipinski definition) is 8. The molecule has 28 heavy (non-hydrogen) atoms. The molecule has 4 N–H and O–H groups in total. The van der Waals surface area contributed by atoms with Gasteiger partial charge in [0, 0.05) is 17.1 Å². The Morgan fingerprint density at radius 2 is 1.96 bits per heavy atom. The van der Waals surface area contributed by atoms with Gasteiger partial charge in [-0.25, -0.2) is 4.79 Å². The number of Topliss-reactive ketones (excluding diaryl/α,β-unsaturated/α-hetero) is 1. The van der Waals surface area contributed by atoms with Gasteiger partial charge in [0.15, 0.2) is 11.4 Å². The Kier molecular flexibility index (Phi) is 5.58. The summed E-state index contributed by atoms with van der Waals surface area (Å²) >= 11 is 1.21. The second kappa shape index (κ2) is 7.63. The van der Waals surface area contributed by atoms with Gasteiger partial charge in [-0.2, -0.15) is 11.8 Å². The quantitative estimate of drug-likeness (QED) is 0.507. The van der Waals surface area contributed by atoms with Gasteiger partial charge in [-0.15, -0.1) is 0 Å². The van der Waals surface area contributed by atoms with E-state index < -0.39 is 40.2 Å². The van der Waals surface area contributed by atoms with E-state index in [1.54, 1.807) is 6.92 Å². The maximum atomic E-state index is 13.3. The number of aliphatic carboxylic acids is 1. The number of carboxylic acids is 1. The zero-order chi connectivity index (χ0) is 20.6. The van der Waals surface area contributed by atoms with Crippen molar-refractivity contribution < 1.29 is 39.5 Å². The van der Waals surface area contributed by atoms with Crippen molar-refractivity contribution in [1.29, 1.82) is 0 Å². The Labute approximate surface area is 165 Å². The first-order valence-corrected chi connectivity index (χ1v) is 10.0. The fourth-order valence-corrected chi connectivity index (χ4v) is 5.54. The smallest absolute Gasteiger partial charge is 0.337 e. The molecule has 3 rings (SSSR count). The number of hydrogen-bond donors (Lipinski definition) is 4. The van der Waals surface area contributed by atoms with E-state index in [9.17, 15) is 34.8 Å². The van der Waals surface area contributed by atoms with Crippen molar-refractivity contribution in [2.24, 2.45) is 5.92 Å². The summed E-state index contributed by atoms with van der Waals surface area (Å²) < 4.78 is 5.32. The summed E-state index contributed by atoms with van der Waals surface area (Å²) in [6.45, 7) is 1.74. The molecule has 2 aliphatic heterocycles. The number of thioether (sulfide) groups is 1. The molecule has 8 nitrogen and oxygen atoms in total. The van der Waals surface area contributed by atoms with Crippen molar-refractivity contribution in [3.8, 4) is 11.5 Å². The van der Waals surface area contributed by atoms with E-state index in [0.717, 1.165) is 6.07 Å². The fourth-order valence-electron chi connectivity index (χ4n) is 3.89. The monoisotopic (exact) mass is 410 g/mol. The molecule has 4 unspecified atom stereocenters. The van der Waals surface area contributed by atoms with E-state index in [0.29, 0.717) is 19.3 Å². The van der Waals surface area contributed by atoms with Crippen molar-refractivity contribution in [3.63, 3.8) is 0 Å². The highest BCUT2D eigenvalue weighted by Crippen LogP contribution is 2.46. The summed E-state index contributed by atoms with van der Waals surface area (Å²) in [5.74, 6) is -5.23. The predicted octanol–water partition coefficient (Wildman–Crippen LogP) is 1.49. The Bertz CT molecular complexity index is 822. The van der Waals surface area contributed by atoms with E-state index in [4.69, 9.17) is 4.74 Å². The largest absolute Gasteiger partial charge is 0.508 e. The summed E-state index contributed by atoms with van der Waals surface area (Å²) in [5, 5.41) is 40.0. The molecule has 9 heteroatoms. The number of rotatable bonds is 1. The number of carboxylic acid groups (broad SMARTS) is 1. The molecule has 2 heterocycles. The van der Waals surface area contributed by atoms with Crippen molar-refractivity contribution in [3.05, 3.63) is 23.3 Å². The number of carbonyl (C=O) groups is 3. The van der Waals surface area contributed by atoms with E-state index in [1.165, 1.54) is 17.8 Å². The first-order valence-electron chi connectivity index (χ1n) is 8.99. The highest BCUT2D eigenvalue weighted by atomic mass is 32.2. The van der Waals surface area contributed by atoms with E-state index in [-0.39, 0.29) is 35.2 Å². The minimum absolute atomic E-state index is 0.0312. The second-order valence-electron chi connectivity index (χ2n) is 7.33. The molecule has 152 valence electrons. The number of phenolic OH excluding ortho intramolecular Hbond substituents is 2. The van der Waals surface area contributed by atoms with Crippen molar-refractivity contribution >= 4 is 29.5 Å². The van der Waals surface area contributed by atoms with Gasteiger partial charge >= 0.3 is 11.9 Å². The Morgan fingerprint density at radius 3 is 2.64 bits per heavy atom. The Balaban J connectivity index is 2.14. The molecule has 0 aliphatic carbocycles. The molecule has 0 saturated carbocycles. The summed E-state index contributed by atoms with van der Waals surface area (Å²) in [6, 6.07) is 2.12. The minimum atomic E-state index is -2.27. The van der Waals surface area contributed by atoms with Gasteiger partial charge in [-0.3, -0.25) is 9.59 Å². The highest BCUT2D eigenvalue weighted by molar-refractivity contribution is 8.00. The third-order valence-electron chi connectivity index (χ3n) is 5.25. The van der Waals surface area contributed by atoms with Gasteiger partial charge in [-0.1, -0.05) is 0 Å². The molecular weight excluding hydrogens is 388 g/mol. The lowest BCUT2D eigenvalue weighted by Gasteiger charge is -2.28. The highest BCUT2D eigenvalue weighted by Gasteiger charge is 2.57. The van der Waals surface area contributed by atoms with Gasteiger partial charge in [0.25, 0.3) is 0 Å². The van der Waals surface area contributed by atoms with Gasteiger partial charge in [0.05, 0.1) is 24.0 Å². The average molecular weight is 410 g/mol. The van der Waals surface area contributed by atoms with Gasteiger partial charge in [-0.05, 0) is 37.8 Å². The number of ether oxygens (including phenoxy) is 1. The topological polar surface area (TPSA) is 141 Å². The Hall–Kier alpha value is -2.26. The number of esters is 1. The number of carbonyl (C=O) groups excluding carboxylic acids is 2. The average Bonchev–Trinajstić information content (AvgIpc) is 2.91. The number of aliphatic hydroxyl groups is 1. The number of phenols is 2. The summed E-state index contributed by atoms with van der Waals surface area (Å²) in [6.07, 6.45) is 0.823. The van der Waals surface area contributed by atoms with Crippen LogP contribution >= 0.6 is 11.8 Å². The van der Waals surface area contributed by atoms with Crippen LogP contribution < -0.4 is 0 Å². The first-order chi connectivity index (χ1) is 13.1. The normalized spacial score (nSPS) is 31.1.